The van der Waals surface area contributed by atoms with E-state index in [1.807, 2.05) is 29.8 Å². The summed E-state index contributed by atoms with van der Waals surface area (Å²) in [4.78, 5) is 7.04. The molecular formula is C15H18N2S. The average Bonchev–Trinajstić information content (AvgIpc) is 2.82. The summed E-state index contributed by atoms with van der Waals surface area (Å²) in [5.74, 6) is 0. The minimum absolute atomic E-state index is 0.0192. The van der Waals surface area contributed by atoms with Crippen molar-refractivity contribution >= 4 is 11.3 Å². The van der Waals surface area contributed by atoms with Gasteiger partial charge in [-0.3, -0.25) is 4.98 Å². The lowest BCUT2D eigenvalue weighted by Gasteiger charge is -2.12. The number of aryl methyl sites for hydroxylation is 3. The summed E-state index contributed by atoms with van der Waals surface area (Å²) in [6, 6.07) is 4.33. The lowest BCUT2D eigenvalue weighted by atomic mass is 9.97. The van der Waals surface area contributed by atoms with Gasteiger partial charge in [-0.1, -0.05) is 0 Å². The molecule has 0 saturated carbocycles. The fraction of sp³-hybridized carbons (Fsp3) is 0.400. The third kappa shape index (κ3) is 2.08. The zero-order valence-electron chi connectivity index (χ0n) is 10.6. The Hall–Kier alpha value is -1.19. The number of hydrogen-bond donors (Lipinski definition) is 1. The first-order chi connectivity index (χ1) is 8.75. The van der Waals surface area contributed by atoms with Crippen molar-refractivity contribution in [3.05, 3.63) is 51.0 Å². The fourth-order valence-electron chi connectivity index (χ4n) is 2.62. The van der Waals surface area contributed by atoms with Gasteiger partial charge < -0.3 is 5.73 Å². The molecule has 0 fully saturated rings. The van der Waals surface area contributed by atoms with Crippen molar-refractivity contribution in [3.8, 4) is 0 Å². The van der Waals surface area contributed by atoms with Crippen molar-refractivity contribution in [2.45, 2.75) is 38.6 Å². The van der Waals surface area contributed by atoms with E-state index < -0.39 is 0 Å². The maximum absolute atomic E-state index is 6.40. The van der Waals surface area contributed by atoms with E-state index in [2.05, 4.69) is 18.0 Å². The van der Waals surface area contributed by atoms with Crippen molar-refractivity contribution in [1.29, 1.82) is 0 Å². The minimum Gasteiger partial charge on any atom is -0.320 e. The van der Waals surface area contributed by atoms with Gasteiger partial charge in [0.2, 0.25) is 0 Å². The Kier molecular flexibility index (Phi) is 3.18. The van der Waals surface area contributed by atoms with Gasteiger partial charge in [-0.25, -0.2) is 0 Å². The van der Waals surface area contributed by atoms with Gasteiger partial charge in [-0.05, 0) is 61.4 Å². The maximum Gasteiger partial charge on any atom is 0.0663 e. The summed E-state index contributed by atoms with van der Waals surface area (Å²) in [6.07, 6.45) is 8.84. The van der Waals surface area contributed by atoms with Gasteiger partial charge in [-0.15, -0.1) is 11.3 Å². The molecule has 0 amide bonds. The molecule has 94 valence electrons. The first kappa shape index (κ1) is 11.9. The molecule has 2 heterocycles. The Balaban J connectivity index is 1.95. The summed E-state index contributed by atoms with van der Waals surface area (Å²) in [7, 11) is 0. The van der Waals surface area contributed by atoms with E-state index in [1.165, 1.54) is 41.7 Å². The van der Waals surface area contributed by atoms with Crippen LogP contribution in [0.2, 0.25) is 0 Å². The van der Waals surface area contributed by atoms with Gasteiger partial charge in [0.1, 0.15) is 0 Å². The molecule has 0 saturated heterocycles. The van der Waals surface area contributed by atoms with Crippen LogP contribution >= 0.6 is 11.3 Å². The normalized spacial score (nSPS) is 16.3. The van der Waals surface area contributed by atoms with Crippen LogP contribution in [0.1, 0.15) is 45.3 Å². The highest BCUT2D eigenvalue weighted by Gasteiger charge is 2.18. The molecule has 2 N–H and O–H groups in total. The molecule has 18 heavy (non-hydrogen) atoms. The maximum atomic E-state index is 6.40. The number of fused-ring (bicyclic) bond motifs is 1. The highest BCUT2D eigenvalue weighted by molar-refractivity contribution is 7.12. The molecular weight excluding hydrogens is 240 g/mol. The Morgan fingerprint density at radius 2 is 2.17 bits per heavy atom. The van der Waals surface area contributed by atoms with E-state index in [9.17, 15) is 0 Å². The summed E-state index contributed by atoms with van der Waals surface area (Å²) in [6.45, 7) is 2.10. The number of aromatic nitrogens is 1. The predicted octanol–water partition coefficient (Wildman–Crippen LogP) is 3.38. The molecule has 0 aromatic carbocycles. The molecule has 0 aliphatic heterocycles. The van der Waals surface area contributed by atoms with E-state index in [1.54, 1.807) is 4.88 Å². The Morgan fingerprint density at radius 1 is 1.33 bits per heavy atom. The molecule has 0 spiro atoms. The highest BCUT2D eigenvalue weighted by atomic mass is 32.1. The Labute approximate surface area is 112 Å². The monoisotopic (exact) mass is 258 g/mol. The number of nitrogens with two attached hydrogens (primary N) is 1. The standard InChI is InChI=1S/C15H18N2S/c1-10-6-7-17-9-12(10)15(16)14-8-11-4-2-3-5-13(11)18-14/h6-9,15H,2-5,16H2,1H3. The fourth-order valence-corrected chi connectivity index (χ4v) is 3.90. The number of rotatable bonds is 2. The third-order valence-electron chi connectivity index (χ3n) is 3.74. The van der Waals surface area contributed by atoms with Crippen LogP contribution in [0.5, 0.6) is 0 Å². The van der Waals surface area contributed by atoms with E-state index in [0.29, 0.717) is 0 Å². The summed E-state index contributed by atoms with van der Waals surface area (Å²) >= 11 is 1.89. The van der Waals surface area contributed by atoms with Crippen LogP contribution in [-0.2, 0) is 12.8 Å². The summed E-state index contributed by atoms with van der Waals surface area (Å²) in [5, 5.41) is 0. The van der Waals surface area contributed by atoms with Crippen LogP contribution < -0.4 is 5.73 Å². The molecule has 1 unspecified atom stereocenters. The second kappa shape index (κ2) is 4.82. The van der Waals surface area contributed by atoms with E-state index in [-0.39, 0.29) is 6.04 Å². The van der Waals surface area contributed by atoms with Crippen molar-refractivity contribution in [2.24, 2.45) is 5.73 Å². The second-order valence-electron chi connectivity index (χ2n) is 5.01. The zero-order valence-corrected chi connectivity index (χ0v) is 11.5. The van der Waals surface area contributed by atoms with E-state index in [0.717, 1.165) is 5.56 Å². The molecule has 0 bridgehead atoms. The molecule has 3 heteroatoms. The first-order valence-electron chi connectivity index (χ1n) is 6.53. The summed E-state index contributed by atoms with van der Waals surface area (Å²) < 4.78 is 0. The van der Waals surface area contributed by atoms with Crippen LogP contribution in [0.3, 0.4) is 0 Å². The van der Waals surface area contributed by atoms with E-state index >= 15 is 0 Å². The highest BCUT2D eigenvalue weighted by Crippen LogP contribution is 2.34. The molecule has 2 nitrogen and oxygen atoms in total. The lowest BCUT2D eigenvalue weighted by molar-refractivity contribution is 0.696. The molecule has 0 radical (unpaired) electrons. The van der Waals surface area contributed by atoms with Gasteiger partial charge in [0.05, 0.1) is 6.04 Å². The van der Waals surface area contributed by atoms with Gasteiger partial charge in [0.25, 0.3) is 0 Å². The van der Waals surface area contributed by atoms with Crippen molar-refractivity contribution in [2.75, 3.05) is 0 Å². The average molecular weight is 258 g/mol. The molecule has 2 aromatic heterocycles. The quantitative estimate of drug-likeness (QED) is 0.897. The van der Waals surface area contributed by atoms with Crippen LogP contribution in [0.4, 0.5) is 0 Å². The lowest BCUT2D eigenvalue weighted by Crippen LogP contribution is -2.12. The SMILES string of the molecule is Cc1ccncc1C(N)c1cc2c(s1)CCCC2. The van der Waals surface area contributed by atoms with Crippen LogP contribution in [0.15, 0.2) is 24.5 Å². The van der Waals surface area contributed by atoms with Crippen molar-refractivity contribution < 1.29 is 0 Å². The predicted molar refractivity (Wildman–Crippen MR) is 76.0 cm³/mol. The topological polar surface area (TPSA) is 38.9 Å². The largest absolute Gasteiger partial charge is 0.320 e. The van der Waals surface area contributed by atoms with E-state index in [4.69, 9.17) is 5.73 Å². The molecule has 2 aromatic rings. The second-order valence-corrected chi connectivity index (χ2v) is 6.18. The number of hydrogen-bond acceptors (Lipinski definition) is 3. The van der Waals surface area contributed by atoms with Crippen LogP contribution in [-0.4, -0.2) is 4.98 Å². The number of pyridine rings is 1. The Bertz CT molecular complexity index is 536. The molecule has 1 aliphatic rings. The number of nitrogens with zero attached hydrogens (tertiary/aromatic N) is 1. The zero-order chi connectivity index (χ0) is 12.5. The van der Waals surface area contributed by atoms with Crippen LogP contribution in [0, 0.1) is 6.92 Å². The molecule has 1 atom stereocenters. The summed E-state index contributed by atoms with van der Waals surface area (Å²) in [5.41, 5.74) is 10.3. The van der Waals surface area contributed by atoms with Crippen LogP contribution in [0.25, 0.3) is 0 Å². The first-order valence-corrected chi connectivity index (χ1v) is 7.35. The third-order valence-corrected chi connectivity index (χ3v) is 5.06. The van der Waals surface area contributed by atoms with Gasteiger partial charge >= 0.3 is 0 Å². The van der Waals surface area contributed by atoms with Crippen molar-refractivity contribution in [3.63, 3.8) is 0 Å². The molecule has 1 aliphatic carbocycles. The van der Waals surface area contributed by atoms with Crippen molar-refractivity contribution in [1.82, 2.24) is 4.98 Å². The minimum atomic E-state index is -0.0192. The van der Waals surface area contributed by atoms with Gasteiger partial charge in [0.15, 0.2) is 0 Å². The molecule has 3 rings (SSSR count). The Morgan fingerprint density at radius 3 is 2.94 bits per heavy atom. The number of thiophene rings is 1. The van der Waals surface area contributed by atoms with Gasteiger partial charge in [-0.2, -0.15) is 0 Å². The smallest absolute Gasteiger partial charge is 0.0663 e. The van der Waals surface area contributed by atoms with Gasteiger partial charge in [0, 0.05) is 22.1 Å².